The van der Waals surface area contributed by atoms with Crippen LogP contribution in [0.25, 0.3) is 11.3 Å². The number of terminal acetylenes is 1. The number of anilines is 1. The van der Waals surface area contributed by atoms with Crippen LogP contribution < -0.4 is 16.0 Å². The molecule has 1 aromatic heterocycles. The van der Waals surface area contributed by atoms with Gasteiger partial charge < -0.3 is 40.9 Å². The van der Waals surface area contributed by atoms with Gasteiger partial charge >= 0.3 is 0 Å². The minimum absolute atomic E-state index is 0.0464. The van der Waals surface area contributed by atoms with E-state index in [0.717, 1.165) is 86.7 Å². The molecule has 0 bridgehead atoms. The Labute approximate surface area is 403 Å². The largest absolute Gasteiger partial charge is 0.507 e. The average molecular weight is 928 g/mol. The van der Waals surface area contributed by atoms with Crippen LogP contribution in [0.15, 0.2) is 54.6 Å². The molecule has 5 N–H and O–H groups in total. The second-order valence-corrected chi connectivity index (χ2v) is 21.9. The zero-order chi connectivity index (χ0) is 47.7. The fourth-order valence-electron chi connectivity index (χ4n) is 12.6. The van der Waals surface area contributed by atoms with Gasteiger partial charge in [-0.2, -0.15) is 0 Å². The van der Waals surface area contributed by atoms with Gasteiger partial charge in [0.05, 0.1) is 11.8 Å². The number of hydrogen-bond donors (Lipinski definition) is 5. The minimum atomic E-state index is -0.836. The number of β-amino-alcohol motifs (C(OH)–C–C–N with tert-alkyl or cyclic N) is 1. The molecule has 5 aliphatic heterocycles. The van der Waals surface area contributed by atoms with Crippen molar-refractivity contribution in [1.29, 1.82) is 0 Å². The number of amides is 3. The van der Waals surface area contributed by atoms with E-state index in [9.17, 15) is 24.6 Å². The third-order valence-corrected chi connectivity index (χ3v) is 16.5. The molecule has 4 saturated heterocycles. The van der Waals surface area contributed by atoms with Crippen molar-refractivity contribution in [2.45, 2.75) is 147 Å². The van der Waals surface area contributed by atoms with Gasteiger partial charge in [0.25, 0.3) is 0 Å². The molecule has 6 aliphatic rings. The van der Waals surface area contributed by atoms with E-state index in [4.69, 9.17) is 6.42 Å². The topological polar surface area (TPSA) is 166 Å². The van der Waals surface area contributed by atoms with Crippen LogP contribution in [0.4, 0.5) is 5.82 Å². The maximum atomic E-state index is 14.2. The van der Waals surface area contributed by atoms with Crippen molar-refractivity contribution in [3.8, 4) is 29.4 Å². The Morgan fingerprint density at radius 2 is 1.60 bits per heavy atom. The molecule has 3 aromatic rings. The molecule has 2 unspecified atom stereocenters. The second kappa shape index (κ2) is 20.5. The number of nitrogens with zero attached hydrogens (tertiary/aromatic N) is 6. The Hall–Kier alpha value is -5.07. The van der Waals surface area contributed by atoms with Gasteiger partial charge in [0.15, 0.2) is 5.82 Å². The molecule has 1 saturated carbocycles. The zero-order valence-corrected chi connectivity index (χ0v) is 40.6. The number of fused-ring (bicyclic) bond motifs is 3. The Morgan fingerprint density at radius 1 is 0.882 bits per heavy atom. The maximum absolute atomic E-state index is 14.2. The molecular weight excluding hydrogens is 855 g/mol. The lowest BCUT2D eigenvalue weighted by Gasteiger charge is -2.49. The zero-order valence-electron chi connectivity index (χ0n) is 40.6. The number of likely N-dealkylation sites (tertiary alicyclic amines) is 4. The molecule has 364 valence electrons. The summed E-state index contributed by atoms with van der Waals surface area (Å²) in [5, 5.41) is 40.0. The van der Waals surface area contributed by atoms with Crippen molar-refractivity contribution in [2.24, 2.45) is 17.3 Å². The minimum Gasteiger partial charge on any atom is -0.507 e. The summed E-state index contributed by atoms with van der Waals surface area (Å²) in [6.45, 7) is 14.7. The number of carbonyl (C=O) groups excluding carboxylic acids is 3. The summed E-state index contributed by atoms with van der Waals surface area (Å²) in [5.41, 5.74) is 3.70. The van der Waals surface area contributed by atoms with Gasteiger partial charge in [0, 0.05) is 85.3 Å². The molecule has 1 aliphatic carbocycles. The number of para-hydroxylation sites is 1. The normalized spacial score (nSPS) is 27.9. The van der Waals surface area contributed by atoms with E-state index in [1.807, 2.05) is 63.2 Å². The van der Waals surface area contributed by atoms with Crippen LogP contribution in [0.2, 0.25) is 0 Å². The molecule has 14 nitrogen and oxygen atoms in total. The highest BCUT2D eigenvalue weighted by Crippen LogP contribution is 2.45. The predicted octanol–water partition coefficient (Wildman–Crippen LogP) is 5.35. The predicted molar refractivity (Wildman–Crippen MR) is 263 cm³/mol. The summed E-state index contributed by atoms with van der Waals surface area (Å²) in [6, 6.07) is 17.2. The van der Waals surface area contributed by atoms with Gasteiger partial charge in [-0.25, -0.2) is 0 Å². The number of aromatic hydroxyl groups is 1. The van der Waals surface area contributed by atoms with E-state index in [-0.39, 0.29) is 48.9 Å². The summed E-state index contributed by atoms with van der Waals surface area (Å²) in [7, 11) is 0. The van der Waals surface area contributed by atoms with Crippen molar-refractivity contribution in [1.82, 2.24) is 40.4 Å². The number of piperidine rings is 3. The molecule has 2 aromatic carbocycles. The molecular formula is C54H73N9O5. The molecule has 6 atom stereocenters. The second-order valence-electron chi connectivity index (χ2n) is 21.9. The lowest BCUT2D eigenvalue weighted by molar-refractivity contribution is -0.144. The molecule has 6 heterocycles. The Kier molecular flexibility index (Phi) is 14.5. The number of phenolic OH excluding ortho intramolecular Hbond substituents is 1. The quantitative estimate of drug-likeness (QED) is 0.158. The highest BCUT2D eigenvalue weighted by atomic mass is 16.3. The molecule has 9 rings (SSSR count). The summed E-state index contributed by atoms with van der Waals surface area (Å²) in [5.74, 6) is 3.78. The lowest BCUT2D eigenvalue weighted by Crippen LogP contribution is -2.58. The highest BCUT2D eigenvalue weighted by Gasteiger charge is 2.47. The van der Waals surface area contributed by atoms with Crippen LogP contribution in [-0.2, 0) is 20.9 Å². The SMILES string of the molecule is C#Cc1ccc(CNC(=O)[C@@H]2C[C@@H](O)CN2C(=O)[C@@H](NC(=O)C2CCN(CC3CCC(N4CCC(N5CCC6Nc7nnc(-c8ccccc8O)cc7C6[C@H]5C)CC4)CC3)CC2)C(C)(C)C)cc1. The van der Waals surface area contributed by atoms with E-state index < -0.39 is 23.6 Å². The van der Waals surface area contributed by atoms with Gasteiger partial charge in [-0.1, -0.05) is 51.0 Å². The first-order valence-corrected chi connectivity index (χ1v) is 25.5. The van der Waals surface area contributed by atoms with Crippen LogP contribution in [0, 0.1) is 29.6 Å². The fourth-order valence-corrected chi connectivity index (χ4v) is 12.6. The Balaban J connectivity index is 0.705. The first-order valence-electron chi connectivity index (χ1n) is 25.5. The van der Waals surface area contributed by atoms with Crippen molar-refractivity contribution in [2.75, 3.05) is 51.1 Å². The highest BCUT2D eigenvalue weighted by molar-refractivity contribution is 5.93. The van der Waals surface area contributed by atoms with Gasteiger partial charge in [0.1, 0.15) is 17.8 Å². The summed E-state index contributed by atoms with van der Waals surface area (Å²) < 4.78 is 0. The Morgan fingerprint density at radius 3 is 2.29 bits per heavy atom. The van der Waals surface area contributed by atoms with E-state index in [1.54, 1.807) is 6.07 Å². The average Bonchev–Trinajstić information content (AvgIpc) is 3.93. The van der Waals surface area contributed by atoms with Crippen LogP contribution in [-0.4, -0.2) is 146 Å². The summed E-state index contributed by atoms with van der Waals surface area (Å²) >= 11 is 0. The van der Waals surface area contributed by atoms with Crippen LogP contribution in [0.1, 0.15) is 115 Å². The monoisotopic (exact) mass is 928 g/mol. The van der Waals surface area contributed by atoms with E-state index in [0.29, 0.717) is 36.0 Å². The number of phenols is 1. The van der Waals surface area contributed by atoms with Crippen LogP contribution in [0.5, 0.6) is 5.75 Å². The summed E-state index contributed by atoms with van der Waals surface area (Å²) in [6.07, 6.45) is 14.8. The third kappa shape index (κ3) is 10.4. The maximum Gasteiger partial charge on any atom is 0.246 e. The van der Waals surface area contributed by atoms with Gasteiger partial charge in [-0.05, 0) is 138 Å². The first kappa shape index (κ1) is 48.0. The molecule has 68 heavy (non-hydrogen) atoms. The molecule has 0 spiro atoms. The molecule has 5 fully saturated rings. The van der Waals surface area contributed by atoms with Crippen molar-refractivity contribution >= 4 is 23.5 Å². The summed E-state index contributed by atoms with van der Waals surface area (Å²) in [4.78, 5) is 51.1. The van der Waals surface area contributed by atoms with E-state index in [1.165, 1.54) is 49.0 Å². The number of carbonyl (C=O) groups is 3. The Bertz CT molecular complexity index is 2310. The van der Waals surface area contributed by atoms with Crippen molar-refractivity contribution in [3.05, 3.63) is 71.3 Å². The van der Waals surface area contributed by atoms with Gasteiger partial charge in [0.2, 0.25) is 17.7 Å². The standard InChI is InChI=1S/C54H73N9O5/c1-6-35-11-13-36(14-12-35)31-55-52(67)46-29-41(64)33-63(46)53(68)49(54(3,4)5)57-51(66)38-19-24-60(25-20-38)32-37-15-17-39(18-16-37)61-26-21-40(22-27-61)62-28-23-44-48(34(62)2)43-30-45(58-59-50(43)56-44)42-9-7-8-10-47(42)65/h1,7-14,30,34,37-41,44,46,48-49,64-65H,15-29,31-33H2,2-5H3,(H,55,67)(H,56,59)(H,57,66)/t34-,37?,39?,41-,44?,46+,48?,49-/m1/s1. The van der Waals surface area contributed by atoms with Crippen LogP contribution in [0.3, 0.4) is 0 Å². The van der Waals surface area contributed by atoms with Crippen molar-refractivity contribution in [3.63, 3.8) is 0 Å². The third-order valence-electron chi connectivity index (χ3n) is 16.5. The molecule has 14 heteroatoms. The van der Waals surface area contributed by atoms with Crippen LogP contribution >= 0.6 is 0 Å². The first-order chi connectivity index (χ1) is 32.7. The number of nitrogens with one attached hydrogen (secondary N) is 3. The molecule has 0 radical (unpaired) electrons. The number of aromatic nitrogens is 2. The van der Waals surface area contributed by atoms with Gasteiger partial charge in [-0.3, -0.25) is 19.3 Å². The number of aliphatic hydroxyl groups excluding tert-OH is 1. The number of aliphatic hydroxyl groups is 1. The number of benzene rings is 2. The molecule has 3 amide bonds. The fraction of sp³-hybridized carbons (Fsp3) is 0.611. The number of rotatable bonds is 11. The lowest BCUT2D eigenvalue weighted by atomic mass is 9.81. The van der Waals surface area contributed by atoms with Crippen molar-refractivity contribution < 1.29 is 24.6 Å². The smallest absolute Gasteiger partial charge is 0.246 e. The van der Waals surface area contributed by atoms with E-state index in [2.05, 4.69) is 59.8 Å². The number of hydrogen-bond acceptors (Lipinski definition) is 11. The van der Waals surface area contributed by atoms with E-state index >= 15 is 0 Å². The van der Waals surface area contributed by atoms with Gasteiger partial charge in [-0.15, -0.1) is 16.6 Å².